The van der Waals surface area contributed by atoms with Gasteiger partial charge in [0.15, 0.2) is 0 Å². The van der Waals surface area contributed by atoms with Gasteiger partial charge in [0.2, 0.25) is 0 Å². The summed E-state index contributed by atoms with van der Waals surface area (Å²) in [5.74, 6) is 0. The van der Waals surface area contributed by atoms with Gasteiger partial charge in [0.05, 0.1) is 16.5 Å². The summed E-state index contributed by atoms with van der Waals surface area (Å²) in [6.45, 7) is 4.74. The van der Waals surface area contributed by atoms with Gasteiger partial charge >= 0.3 is 0 Å². The van der Waals surface area contributed by atoms with Crippen LogP contribution in [0.25, 0.3) is 64.4 Å². The van der Waals surface area contributed by atoms with Crippen molar-refractivity contribution in [2.45, 2.75) is 34.5 Å². The zero-order valence-corrected chi connectivity index (χ0v) is 35.7. The van der Waals surface area contributed by atoms with Crippen LogP contribution in [-0.2, 0) is 10.8 Å². The van der Waals surface area contributed by atoms with E-state index in [4.69, 9.17) is 4.42 Å². The van der Waals surface area contributed by atoms with E-state index in [9.17, 15) is 0 Å². The van der Waals surface area contributed by atoms with E-state index in [0.717, 1.165) is 39.0 Å². The summed E-state index contributed by atoms with van der Waals surface area (Å²) < 4.78 is 9.68. The summed E-state index contributed by atoms with van der Waals surface area (Å²) in [4.78, 5) is 5.08. The molecule has 0 bridgehead atoms. The molecular weight excluding hydrogens is 791 g/mol. The lowest BCUT2D eigenvalue weighted by molar-refractivity contribution is 0.660. The highest BCUT2D eigenvalue weighted by atomic mass is 32.2. The molecule has 11 aromatic rings. The molecule has 1 spiro atoms. The monoisotopic (exact) mass is 827 g/mol. The highest BCUT2D eigenvalue weighted by Crippen LogP contribution is 2.63. The Kier molecular flexibility index (Phi) is 6.95. The first-order valence-electron chi connectivity index (χ1n) is 21.4. The summed E-state index contributed by atoms with van der Waals surface area (Å²) >= 11 is 3.74. The third kappa shape index (κ3) is 4.45. The maximum absolute atomic E-state index is 7.08. The zero-order valence-electron chi connectivity index (χ0n) is 34.1. The number of nitrogens with zero attached hydrogens (tertiary/aromatic N) is 1. The molecule has 0 fully saturated rings. The van der Waals surface area contributed by atoms with Crippen molar-refractivity contribution in [3.63, 3.8) is 0 Å². The molecule has 2 nitrogen and oxygen atoms in total. The summed E-state index contributed by atoms with van der Waals surface area (Å²) in [6.07, 6.45) is 0. The van der Waals surface area contributed by atoms with Gasteiger partial charge < -0.3 is 9.32 Å². The minimum atomic E-state index is -0.472. The third-order valence-corrected chi connectivity index (χ3v) is 16.4. The molecule has 2 aromatic heterocycles. The molecule has 9 aromatic carbocycles. The van der Waals surface area contributed by atoms with E-state index in [1.807, 2.05) is 23.1 Å². The third-order valence-electron chi connectivity index (χ3n) is 14.1. The predicted molar refractivity (Wildman–Crippen MR) is 260 cm³/mol. The Hall–Kier alpha value is -6.85. The molecule has 0 unspecified atom stereocenters. The number of hydrogen-bond donors (Lipinski definition) is 0. The molecule has 0 saturated carbocycles. The standard InChI is InChI=1S/C58H37NOS2/c1-57(2)43-17-6-3-14-36(43)38-28-26-35(31-47(38)57)59(34-27-29-53-41(30-34)39-16-5-10-23-52(39)61-53)49-21-13-22-50-56(49)42-32-40-37-15-4-7-18-44(37)58(48(40)33-51(42)60-50)45-19-8-11-24-54(45)62-55-25-12-9-20-46(55)58/h3-33H,1-2H3. The molecule has 0 N–H and O–H groups in total. The van der Waals surface area contributed by atoms with E-state index in [-0.39, 0.29) is 5.41 Å². The van der Waals surface area contributed by atoms with E-state index in [2.05, 4.69) is 207 Å². The minimum Gasteiger partial charge on any atom is -0.456 e. The Morgan fingerprint density at radius 1 is 0.419 bits per heavy atom. The van der Waals surface area contributed by atoms with Crippen LogP contribution in [0.1, 0.15) is 47.2 Å². The van der Waals surface area contributed by atoms with E-state index >= 15 is 0 Å². The SMILES string of the molecule is CC1(C)c2ccccc2-c2ccc(N(c3ccc4sc5ccccc5c4c3)c3cccc4oc5cc6c(cc5c34)-c3ccccc3C63c4ccccc4Sc4ccccc43)cc21. The van der Waals surface area contributed by atoms with Gasteiger partial charge in [-0.2, -0.15) is 0 Å². The van der Waals surface area contributed by atoms with Gasteiger partial charge in [0.25, 0.3) is 0 Å². The maximum atomic E-state index is 7.08. The molecule has 0 atom stereocenters. The van der Waals surface area contributed by atoms with Crippen LogP contribution >= 0.6 is 23.1 Å². The fourth-order valence-corrected chi connectivity index (χ4v) is 13.7. The van der Waals surface area contributed by atoms with Gasteiger partial charge in [-0.1, -0.05) is 141 Å². The van der Waals surface area contributed by atoms with Crippen LogP contribution in [0.2, 0.25) is 0 Å². The molecule has 14 rings (SSSR count). The van der Waals surface area contributed by atoms with Crippen molar-refractivity contribution in [3.8, 4) is 22.3 Å². The molecule has 4 heteroatoms. The van der Waals surface area contributed by atoms with Gasteiger partial charge in [0, 0.05) is 52.1 Å². The molecule has 0 amide bonds. The zero-order chi connectivity index (χ0) is 40.9. The Morgan fingerprint density at radius 3 is 1.85 bits per heavy atom. The van der Waals surface area contributed by atoms with Crippen molar-refractivity contribution in [3.05, 3.63) is 221 Å². The van der Waals surface area contributed by atoms with Gasteiger partial charge in [-0.3, -0.25) is 0 Å². The first kappa shape index (κ1) is 34.8. The quantitative estimate of drug-likeness (QED) is 0.177. The highest BCUT2D eigenvalue weighted by molar-refractivity contribution is 7.99. The highest BCUT2D eigenvalue weighted by Gasteiger charge is 2.50. The molecular formula is C58H37NOS2. The van der Waals surface area contributed by atoms with Gasteiger partial charge in [0.1, 0.15) is 11.2 Å². The summed E-state index contributed by atoms with van der Waals surface area (Å²) in [5.41, 5.74) is 17.7. The second-order valence-corrected chi connectivity index (χ2v) is 19.7. The van der Waals surface area contributed by atoms with E-state index < -0.39 is 5.41 Å². The van der Waals surface area contributed by atoms with E-state index in [1.165, 1.54) is 85.6 Å². The Labute approximate surface area is 367 Å². The second-order valence-electron chi connectivity index (χ2n) is 17.6. The van der Waals surface area contributed by atoms with Crippen LogP contribution in [0.15, 0.2) is 202 Å². The normalized spacial score (nSPS) is 14.8. The molecule has 2 aliphatic carbocycles. The number of anilines is 3. The van der Waals surface area contributed by atoms with Crippen molar-refractivity contribution in [1.82, 2.24) is 0 Å². The van der Waals surface area contributed by atoms with Crippen molar-refractivity contribution >= 4 is 82.3 Å². The van der Waals surface area contributed by atoms with E-state index in [1.54, 1.807) is 0 Å². The first-order chi connectivity index (χ1) is 30.5. The number of thiophene rings is 1. The Balaban J connectivity index is 1.05. The maximum Gasteiger partial charge on any atom is 0.137 e. The number of fused-ring (bicyclic) bond motifs is 18. The molecule has 292 valence electrons. The van der Waals surface area contributed by atoms with Crippen molar-refractivity contribution in [1.29, 1.82) is 0 Å². The van der Waals surface area contributed by atoms with Gasteiger partial charge in [-0.05, 0) is 128 Å². The van der Waals surface area contributed by atoms with Crippen LogP contribution < -0.4 is 4.90 Å². The summed E-state index contributed by atoms with van der Waals surface area (Å²) in [5, 5.41) is 4.80. The summed E-state index contributed by atoms with van der Waals surface area (Å²) in [7, 11) is 0. The first-order valence-corrected chi connectivity index (χ1v) is 23.0. The minimum absolute atomic E-state index is 0.145. The van der Waals surface area contributed by atoms with Crippen molar-refractivity contribution in [2.24, 2.45) is 0 Å². The largest absolute Gasteiger partial charge is 0.456 e. The van der Waals surface area contributed by atoms with Crippen LogP contribution in [0.3, 0.4) is 0 Å². The fourth-order valence-electron chi connectivity index (χ4n) is 11.4. The Bertz CT molecular complexity index is 3690. The van der Waals surface area contributed by atoms with Gasteiger partial charge in [-0.15, -0.1) is 11.3 Å². The molecule has 3 aliphatic rings. The molecule has 1 aliphatic heterocycles. The lowest BCUT2D eigenvalue weighted by Gasteiger charge is -2.39. The van der Waals surface area contributed by atoms with Crippen molar-refractivity contribution in [2.75, 3.05) is 4.90 Å². The Morgan fingerprint density at radius 2 is 1.05 bits per heavy atom. The molecule has 3 heterocycles. The fraction of sp³-hybridized carbons (Fsp3) is 0.0690. The average molecular weight is 828 g/mol. The topological polar surface area (TPSA) is 16.4 Å². The predicted octanol–water partition coefficient (Wildman–Crippen LogP) is 16.6. The van der Waals surface area contributed by atoms with Crippen LogP contribution in [0, 0.1) is 0 Å². The molecule has 0 radical (unpaired) electrons. The van der Waals surface area contributed by atoms with Crippen LogP contribution in [0.4, 0.5) is 17.1 Å². The lowest BCUT2D eigenvalue weighted by Crippen LogP contribution is -2.31. The number of hydrogen-bond acceptors (Lipinski definition) is 4. The van der Waals surface area contributed by atoms with Crippen molar-refractivity contribution < 1.29 is 4.42 Å². The summed E-state index contributed by atoms with van der Waals surface area (Å²) in [6, 6.07) is 70.3. The number of furan rings is 1. The average Bonchev–Trinajstić information content (AvgIpc) is 4.02. The number of rotatable bonds is 3. The van der Waals surface area contributed by atoms with Crippen LogP contribution in [0.5, 0.6) is 0 Å². The smallest absolute Gasteiger partial charge is 0.137 e. The lowest BCUT2D eigenvalue weighted by atomic mass is 9.67. The van der Waals surface area contributed by atoms with Gasteiger partial charge in [-0.25, -0.2) is 0 Å². The number of benzene rings is 9. The molecule has 62 heavy (non-hydrogen) atoms. The second kappa shape index (κ2) is 12.4. The van der Waals surface area contributed by atoms with Crippen LogP contribution in [-0.4, -0.2) is 0 Å². The van der Waals surface area contributed by atoms with E-state index in [0.29, 0.717) is 0 Å². The molecule has 0 saturated heterocycles.